The first-order valence-corrected chi connectivity index (χ1v) is 6.36. The number of alkyl halides is 3. The lowest BCUT2D eigenvalue weighted by Crippen LogP contribution is -2.20. The Bertz CT molecular complexity index is 365. The van der Waals surface area contributed by atoms with Crippen LogP contribution in [0.25, 0.3) is 0 Å². The number of nitrogens with one attached hydrogen (secondary N) is 1. The van der Waals surface area contributed by atoms with E-state index in [9.17, 15) is 13.2 Å². The van der Waals surface area contributed by atoms with Crippen LogP contribution in [0.3, 0.4) is 0 Å². The third-order valence-corrected chi connectivity index (χ3v) is 2.64. The molecule has 0 aliphatic carbocycles. The highest BCUT2D eigenvalue weighted by molar-refractivity contribution is 5.10. The van der Waals surface area contributed by atoms with Crippen molar-refractivity contribution in [3.63, 3.8) is 0 Å². The van der Waals surface area contributed by atoms with Crippen molar-refractivity contribution in [3.05, 3.63) is 18.0 Å². The number of halogens is 3. The average molecular weight is 279 g/mol. The molecule has 1 rings (SSSR count). The molecule has 1 unspecified atom stereocenters. The van der Waals surface area contributed by atoms with Crippen LogP contribution >= 0.6 is 0 Å². The topological polar surface area (TPSA) is 39.1 Å². The van der Waals surface area contributed by atoms with E-state index in [-0.39, 0.29) is 12.6 Å². The summed E-state index contributed by atoms with van der Waals surface area (Å²) >= 11 is 0. The molecule has 0 fully saturated rings. The van der Waals surface area contributed by atoms with Gasteiger partial charge in [0.25, 0.3) is 0 Å². The molecule has 0 saturated heterocycles. The minimum Gasteiger partial charge on any atom is -0.370 e. The van der Waals surface area contributed by atoms with Gasteiger partial charge in [-0.1, -0.05) is 13.8 Å². The van der Waals surface area contributed by atoms with Crippen molar-refractivity contribution in [1.29, 1.82) is 0 Å². The summed E-state index contributed by atoms with van der Waals surface area (Å²) in [6.07, 6.45) is 0.242. The molecule has 0 amide bonds. The van der Waals surface area contributed by atoms with Crippen LogP contribution in [0.5, 0.6) is 0 Å². The second kappa shape index (κ2) is 7.49. The van der Waals surface area contributed by atoms with E-state index in [1.54, 1.807) is 10.9 Å². The number of hydrogen-bond donors (Lipinski definition) is 1. The second-order valence-electron chi connectivity index (χ2n) is 4.22. The largest absolute Gasteiger partial charge is 0.411 e. The zero-order valence-corrected chi connectivity index (χ0v) is 11.2. The third-order valence-electron chi connectivity index (χ3n) is 2.64. The Morgan fingerprint density at radius 2 is 2.16 bits per heavy atom. The van der Waals surface area contributed by atoms with E-state index >= 15 is 0 Å². The smallest absolute Gasteiger partial charge is 0.370 e. The van der Waals surface area contributed by atoms with Crippen LogP contribution in [0.4, 0.5) is 13.2 Å². The lowest BCUT2D eigenvalue weighted by Gasteiger charge is -2.13. The van der Waals surface area contributed by atoms with Crippen molar-refractivity contribution in [2.24, 2.45) is 0 Å². The molecular formula is C12H20F3N3O. The molecule has 0 aliphatic rings. The molecule has 1 atom stereocenters. The molecule has 1 aromatic rings. The summed E-state index contributed by atoms with van der Waals surface area (Å²) in [6.45, 7) is 4.06. The minimum atomic E-state index is -4.27. The van der Waals surface area contributed by atoms with Gasteiger partial charge in [0, 0.05) is 17.8 Å². The average Bonchev–Trinajstić information content (AvgIpc) is 2.79. The summed E-state index contributed by atoms with van der Waals surface area (Å²) in [5.41, 5.74) is 1.04. The first kappa shape index (κ1) is 16.0. The standard InChI is InChI=1S/C12H20F3N3O/c1-3-11(16-4-2)10-7-17-18(8-10)5-6-19-9-12(13,14)15/h7-8,11,16H,3-6,9H2,1-2H3. The zero-order chi connectivity index (χ0) is 14.3. The van der Waals surface area contributed by atoms with Crippen LogP contribution in [0.2, 0.25) is 0 Å². The van der Waals surface area contributed by atoms with Crippen molar-refractivity contribution in [1.82, 2.24) is 15.1 Å². The molecule has 110 valence electrons. The Morgan fingerprint density at radius 1 is 1.42 bits per heavy atom. The summed E-state index contributed by atoms with van der Waals surface area (Å²) in [5.74, 6) is 0. The maximum Gasteiger partial charge on any atom is 0.411 e. The van der Waals surface area contributed by atoms with Crippen molar-refractivity contribution in [2.45, 2.75) is 39.0 Å². The zero-order valence-electron chi connectivity index (χ0n) is 11.2. The number of hydrogen-bond acceptors (Lipinski definition) is 3. The lowest BCUT2D eigenvalue weighted by atomic mass is 10.1. The predicted octanol–water partition coefficient (Wildman–Crippen LogP) is 2.52. The molecule has 0 aliphatic heterocycles. The summed E-state index contributed by atoms with van der Waals surface area (Å²) < 4.78 is 41.7. The van der Waals surface area contributed by atoms with Gasteiger partial charge in [-0.2, -0.15) is 18.3 Å². The molecule has 0 bridgehead atoms. The highest BCUT2D eigenvalue weighted by Crippen LogP contribution is 2.16. The van der Waals surface area contributed by atoms with Crippen LogP contribution < -0.4 is 5.32 Å². The Hall–Kier alpha value is -1.08. The van der Waals surface area contributed by atoms with Crippen LogP contribution in [-0.2, 0) is 11.3 Å². The molecule has 1 N–H and O–H groups in total. The monoisotopic (exact) mass is 279 g/mol. The fourth-order valence-electron chi connectivity index (χ4n) is 1.77. The maximum atomic E-state index is 11.9. The van der Waals surface area contributed by atoms with E-state index in [1.807, 2.05) is 13.1 Å². The fourth-order valence-corrected chi connectivity index (χ4v) is 1.77. The minimum absolute atomic E-state index is 0.00136. The van der Waals surface area contributed by atoms with Gasteiger partial charge in [0.1, 0.15) is 6.61 Å². The van der Waals surface area contributed by atoms with E-state index in [1.165, 1.54) is 0 Å². The lowest BCUT2D eigenvalue weighted by molar-refractivity contribution is -0.174. The fraction of sp³-hybridized carbons (Fsp3) is 0.750. The summed E-state index contributed by atoms with van der Waals surface area (Å²) in [5, 5.41) is 7.43. The van der Waals surface area contributed by atoms with Crippen LogP contribution in [-0.4, -0.2) is 35.7 Å². The maximum absolute atomic E-state index is 11.9. The van der Waals surface area contributed by atoms with Crippen LogP contribution in [0.1, 0.15) is 31.9 Å². The molecule has 0 saturated carbocycles. The van der Waals surface area contributed by atoms with Gasteiger partial charge in [-0.25, -0.2) is 0 Å². The second-order valence-corrected chi connectivity index (χ2v) is 4.22. The van der Waals surface area contributed by atoms with Gasteiger partial charge in [0.15, 0.2) is 0 Å². The van der Waals surface area contributed by atoms with E-state index in [4.69, 9.17) is 0 Å². The van der Waals surface area contributed by atoms with Crippen molar-refractivity contribution in [2.75, 3.05) is 19.8 Å². The Morgan fingerprint density at radius 3 is 2.74 bits per heavy atom. The number of aromatic nitrogens is 2. The van der Waals surface area contributed by atoms with Gasteiger partial charge in [-0.3, -0.25) is 4.68 Å². The Balaban J connectivity index is 2.38. The highest BCUT2D eigenvalue weighted by Gasteiger charge is 2.27. The van der Waals surface area contributed by atoms with Crippen LogP contribution in [0.15, 0.2) is 12.4 Å². The SMILES string of the molecule is CCNC(CC)c1cnn(CCOCC(F)(F)F)c1. The quantitative estimate of drug-likeness (QED) is 0.743. The number of rotatable bonds is 8. The van der Waals surface area contributed by atoms with Crippen molar-refractivity contribution in [3.8, 4) is 0 Å². The van der Waals surface area contributed by atoms with Gasteiger partial charge in [0.05, 0.1) is 19.3 Å². The molecular weight excluding hydrogens is 259 g/mol. The Labute approximate surface area is 110 Å². The van der Waals surface area contributed by atoms with E-state index in [2.05, 4.69) is 22.1 Å². The Kier molecular flexibility index (Phi) is 6.30. The molecule has 4 nitrogen and oxygen atoms in total. The van der Waals surface area contributed by atoms with Gasteiger partial charge >= 0.3 is 6.18 Å². The molecule has 1 aromatic heterocycles. The summed E-state index contributed by atoms with van der Waals surface area (Å²) in [7, 11) is 0. The highest BCUT2D eigenvalue weighted by atomic mass is 19.4. The third kappa shape index (κ3) is 6.07. The molecule has 19 heavy (non-hydrogen) atoms. The molecule has 7 heteroatoms. The first-order chi connectivity index (χ1) is 8.96. The molecule has 0 spiro atoms. The first-order valence-electron chi connectivity index (χ1n) is 6.36. The van der Waals surface area contributed by atoms with Crippen molar-refractivity contribution >= 4 is 0 Å². The molecule has 0 radical (unpaired) electrons. The van der Waals surface area contributed by atoms with E-state index in [0.717, 1.165) is 18.5 Å². The van der Waals surface area contributed by atoms with Crippen LogP contribution in [0, 0.1) is 0 Å². The normalized spacial score (nSPS) is 13.7. The summed E-state index contributed by atoms with van der Waals surface area (Å²) in [4.78, 5) is 0. The number of nitrogens with zero attached hydrogens (tertiary/aromatic N) is 2. The van der Waals surface area contributed by atoms with Crippen molar-refractivity contribution < 1.29 is 17.9 Å². The van der Waals surface area contributed by atoms with Gasteiger partial charge in [0.2, 0.25) is 0 Å². The van der Waals surface area contributed by atoms with Gasteiger partial charge in [-0.15, -0.1) is 0 Å². The molecule has 0 aromatic carbocycles. The molecule has 1 heterocycles. The van der Waals surface area contributed by atoms with Gasteiger partial charge < -0.3 is 10.1 Å². The number of ether oxygens (including phenoxy) is 1. The summed E-state index contributed by atoms with van der Waals surface area (Å²) in [6, 6.07) is 0.231. The van der Waals surface area contributed by atoms with E-state index < -0.39 is 12.8 Å². The predicted molar refractivity (Wildman–Crippen MR) is 65.8 cm³/mol. The van der Waals surface area contributed by atoms with Gasteiger partial charge in [-0.05, 0) is 13.0 Å². The van der Waals surface area contributed by atoms with E-state index in [0.29, 0.717) is 6.54 Å².